The highest BCUT2D eigenvalue weighted by molar-refractivity contribution is 6.09. The highest BCUT2D eigenvalue weighted by Crippen LogP contribution is 2.23. The molecule has 23 heavy (non-hydrogen) atoms. The molecule has 0 fully saturated rings. The Balaban J connectivity index is 2.52. The van der Waals surface area contributed by atoms with Crippen LogP contribution in [0.5, 0.6) is 0 Å². The van der Waals surface area contributed by atoms with Gasteiger partial charge in [-0.05, 0) is 12.1 Å². The first-order valence-electron chi connectivity index (χ1n) is 6.44. The number of nitrogens with two attached hydrogens (primary N) is 1. The number of amides is 3. The molecule has 1 aromatic heterocycles. The molecule has 4 N–H and O–H groups in total. The average Bonchev–Trinajstić information content (AvgIpc) is 2.81. The van der Waals surface area contributed by atoms with Gasteiger partial charge in [-0.2, -0.15) is 5.26 Å². The number of carboxylic acids is 1. The molecule has 0 saturated carbocycles. The molecule has 1 heterocycles. The molecule has 0 spiro atoms. The van der Waals surface area contributed by atoms with Gasteiger partial charge >= 0.3 is 12.0 Å². The molecule has 0 aliphatic rings. The van der Waals surface area contributed by atoms with Crippen LogP contribution in [0, 0.1) is 11.3 Å². The van der Waals surface area contributed by atoms with Crippen LogP contribution < -0.4 is 11.1 Å². The number of nitriles is 1. The Morgan fingerprint density at radius 3 is 2.65 bits per heavy atom. The molecule has 8 heteroatoms. The van der Waals surface area contributed by atoms with E-state index in [4.69, 9.17) is 16.1 Å². The molecule has 0 atom stereocenters. The van der Waals surface area contributed by atoms with Gasteiger partial charge in [0.15, 0.2) is 0 Å². The maximum atomic E-state index is 11.7. The van der Waals surface area contributed by atoms with E-state index in [1.807, 2.05) is 5.32 Å². The van der Waals surface area contributed by atoms with E-state index in [-0.39, 0.29) is 12.1 Å². The lowest BCUT2D eigenvalue weighted by atomic mass is 10.1. The van der Waals surface area contributed by atoms with E-state index >= 15 is 0 Å². The Morgan fingerprint density at radius 2 is 2.04 bits per heavy atom. The first-order valence-corrected chi connectivity index (χ1v) is 6.44. The molecule has 1 aromatic carbocycles. The monoisotopic (exact) mass is 312 g/mol. The number of hydrogen-bond donors (Lipinski definition) is 3. The SMILES string of the molecule is N#C/C(=C/c1cn(CC(=O)O)c2ccccc12)C(=O)NC(N)=O. The van der Waals surface area contributed by atoms with Crippen molar-refractivity contribution in [2.24, 2.45) is 5.73 Å². The zero-order valence-electron chi connectivity index (χ0n) is 11.8. The standard InChI is InChI=1S/C15H12N4O4/c16-6-9(14(22)18-15(17)23)5-10-7-19(8-13(20)21)12-4-2-1-3-11(10)12/h1-5,7H,8H2,(H,20,21)(H3,17,18,22,23)/b9-5-. The van der Waals surface area contributed by atoms with Crippen LogP contribution in [0.4, 0.5) is 4.79 Å². The minimum atomic E-state index is -1.07. The fourth-order valence-electron chi connectivity index (χ4n) is 2.15. The number of imide groups is 1. The third kappa shape index (κ3) is 3.54. The number of rotatable bonds is 4. The first-order chi connectivity index (χ1) is 10.9. The summed E-state index contributed by atoms with van der Waals surface area (Å²) >= 11 is 0. The lowest BCUT2D eigenvalue weighted by Crippen LogP contribution is -2.35. The van der Waals surface area contributed by atoms with E-state index < -0.39 is 17.9 Å². The van der Waals surface area contributed by atoms with Gasteiger partial charge in [0.25, 0.3) is 5.91 Å². The van der Waals surface area contributed by atoms with Crippen molar-refractivity contribution in [2.75, 3.05) is 0 Å². The number of aromatic nitrogens is 1. The summed E-state index contributed by atoms with van der Waals surface area (Å²) in [4.78, 5) is 33.3. The number of hydrogen-bond acceptors (Lipinski definition) is 4. The van der Waals surface area contributed by atoms with Crippen LogP contribution in [0.25, 0.3) is 17.0 Å². The molecule has 2 aromatic rings. The van der Waals surface area contributed by atoms with Gasteiger partial charge in [0.1, 0.15) is 18.2 Å². The minimum absolute atomic E-state index is 0.260. The number of aliphatic carboxylic acids is 1. The van der Waals surface area contributed by atoms with Gasteiger partial charge in [-0.1, -0.05) is 18.2 Å². The number of carboxylic acid groups (broad SMARTS) is 1. The van der Waals surface area contributed by atoms with Gasteiger partial charge in [0, 0.05) is 22.7 Å². The highest BCUT2D eigenvalue weighted by Gasteiger charge is 2.14. The smallest absolute Gasteiger partial charge is 0.323 e. The van der Waals surface area contributed by atoms with E-state index in [9.17, 15) is 14.4 Å². The van der Waals surface area contributed by atoms with E-state index in [1.165, 1.54) is 16.8 Å². The van der Waals surface area contributed by atoms with Gasteiger partial charge < -0.3 is 15.4 Å². The maximum Gasteiger partial charge on any atom is 0.323 e. The molecule has 0 bridgehead atoms. The summed E-state index contributed by atoms with van der Waals surface area (Å²) in [6, 6.07) is 7.58. The predicted molar refractivity (Wildman–Crippen MR) is 80.9 cm³/mol. The number of para-hydroxylation sites is 1. The number of urea groups is 1. The van der Waals surface area contributed by atoms with Gasteiger partial charge in [-0.15, -0.1) is 0 Å². The normalized spacial score (nSPS) is 11.0. The molecule has 3 amide bonds. The van der Waals surface area contributed by atoms with Crippen molar-refractivity contribution < 1.29 is 19.5 Å². The Kier molecular flexibility index (Phi) is 4.42. The summed E-state index contributed by atoms with van der Waals surface area (Å²) in [5, 5.41) is 20.5. The van der Waals surface area contributed by atoms with Crippen LogP contribution in [-0.4, -0.2) is 27.6 Å². The lowest BCUT2D eigenvalue weighted by molar-refractivity contribution is -0.137. The maximum absolute atomic E-state index is 11.7. The zero-order chi connectivity index (χ0) is 17.0. The number of benzene rings is 1. The van der Waals surface area contributed by atoms with Crippen LogP contribution in [0.3, 0.4) is 0 Å². The fraction of sp³-hybridized carbons (Fsp3) is 0.0667. The topological polar surface area (TPSA) is 138 Å². The highest BCUT2D eigenvalue weighted by atomic mass is 16.4. The predicted octanol–water partition coefficient (Wildman–Crippen LogP) is 0.828. The molecule has 2 rings (SSSR count). The van der Waals surface area contributed by atoms with Crippen molar-refractivity contribution >= 4 is 34.9 Å². The summed E-state index contributed by atoms with van der Waals surface area (Å²) in [6.07, 6.45) is 2.80. The minimum Gasteiger partial charge on any atom is -0.480 e. The van der Waals surface area contributed by atoms with Crippen molar-refractivity contribution in [3.63, 3.8) is 0 Å². The van der Waals surface area contributed by atoms with Crippen molar-refractivity contribution in [1.29, 1.82) is 5.26 Å². The molecule has 0 radical (unpaired) electrons. The van der Waals surface area contributed by atoms with Crippen LogP contribution in [0.1, 0.15) is 5.56 Å². The molecule has 0 aliphatic carbocycles. The summed E-state index contributed by atoms with van der Waals surface area (Å²) in [5.74, 6) is -1.94. The van der Waals surface area contributed by atoms with Crippen molar-refractivity contribution in [3.8, 4) is 6.07 Å². The van der Waals surface area contributed by atoms with E-state index in [2.05, 4.69) is 0 Å². The molecular weight excluding hydrogens is 300 g/mol. The molecule has 0 aliphatic heterocycles. The molecule has 116 valence electrons. The van der Waals surface area contributed by atoms with Crippen LogP contribution in [-0.2, 0) is 16.1 Å². The third-order valence-electron chi connectivity index (χ3n) is 3.03. The van der Waals surface area contributed by atoms with Crippen molar-refractivity contribution in [2.45, 2.75) is 6.54 Å². The summed E-state index contributed by atoms with van der Waals surface area (Å²) < 4.78 is 1.49. The Hall–Kier alpha value is -3.60. The van der Waals surface area contributed by atoms with Gasteiger partial charge in [-0.3, -0.25) is 14.9 Å². The van der Waals surface area contributed by atoms with Crippen LogP contribution in [0.15, 0.2) is 36.0 Å². The first kappa shape index (κ1) is 15.8. The summed E-state index contributed by atoms with van der Waals surface area (Å²) in [6.45, 7) is -0.260. The Bertz CT molecular complexity index is 873. The summed E-state index contributed by atoms with van der Waals surface area (Å²) in [7, 11) is 0. The zero-order valence-corrected chi connectivity index (χ0v) is 11.8. The largest absolute Gasteiger partial charge is 0.480 e. The fourth-order valence-corrected chi connectivity index (χ4v) is 2.15. The van der Waals surface area contributed by atoms with Crippen LogP contribution in [0.2, 0.25) is 0 Å². The van der Waals surface area contributed by atoms with E-state index in [1.54, 1.807) is 30.3 Å². The molecular formula is C15H12N4O4. The second kappa shape index (κ2) is 6.44. The number of carbonyl (C=O) groups is 3. The lowest BCUT2D eigenvalue weighted by Gasteiger charge is -1.99. The van der Waals surface area contributed by atoms with Gasteiger partial charge in [0.05, 0.1) is 0 Å². The molecule has 0 unspecified atom stereocenters. The molecule has 0 saturated heterocycles. The van der Waals surface area contributed by atoms with E-state index in [0.29, 0.717) is 16.5 Å². The van der Waals surface area contributed by atoms with Crippen LogP contribution >= 0.6 is 0 Å². The van der Waals surface area contributed by atoms with Gasteiger partial charge in [0.2, 0.25) is 0 Å². The number of fused-ring (bicyclic) bond motifs is 1. The Morgan fingerprint density at radius 1 is 1.35 bits per heavy atom. The third-order valence-corrected chi connectivity index (χ3v) is 3.03. The number of nitrogens with zero attached hydrogens (tertiary/aromatic N) is 2. The van der Waals surface area contributed by atoms with E-state index in [0.717, 1.165) is 0 Å². The number of carbonyl (C=O) groups excluding carboxylic acids is 2. The number of primary amides is 1. The van der Waals surface area contributed by atoms with Crippen molar-refractivity contribution in [3.05, 3.63) is 41.6 Å². The second-order valence-corrected chi connectivity index (χ2v) is 4.61. The second-order valence-electron chi connectivity index (χ2n) is 4.61. The van der Waals surface area contributed by atoms with Gasteiger partial charge in [-0.25, -0.2) is 4.79 Å². The summed E-state index contributed by atoms with van der Waals surface area (Å²) in [5.41, 5.74) is 5.67. The molecule has 8 nitrogen and oxygen atoms in total. The van der Waals surface area contributed by atoms with Crippen molar-refractivity contribution in [1.82, 2.24) is 9.88 Å². The average molecular weight is 312 g/mol. The quantitative estimate of drug-likeness (QED) is 0.567. The Labute approximate surface area is 130 Å². The number of nitrogens with one attached hydrogen (secondary N) is 1.